The fourth-order valence-corrected chi connectivity index (χ4v) is 0.507. The van der Waals surface area contributed by atoms with Crippen molar-refractivity contribution < 1.29 is 19.3 Å². The van der Waals surface area contributed by atoms with E-state index in [0.29, 0.717) is 6.61 Å². The van der Waals surface area contributed by atoms with Gasteiger partial charge in [-0.3, -0.25) is 0 Å². The van der Waals surface area contributed by atoms with Gasteiger partial charge >= 0.3 is 6.08 Å². The third kappa shape index (κ3) is 5.94. The van der Waals surface area contributed by atoms with E-state index < -0.39 is 0 Å². The molecule has 0 saturated carbocycles. The second-order valence-electron chi connectivity index (χ2n) is 1.85. The van der Waals surface area contributed by atoms with Crippen LogP contribution in [0.25, 0.3) is 0 Å². The largest absolute Gasteiger partial charge is 0.451 e. The molecule has 0 aromatic rings. The van der Waals surface area contributed by atoms with Crippen LogP contribution in [-0.4, -0.2) is 44.9 Å². The molecule has 0 unspecified atom stereocenters. The summed E-state index contributed by atoms with van der Waals surface area (Å²) < 4.78 is 14.6. The van der Waals surface area contributed by atoms with Crippen LogP contribution >= 0.6 is 0 Å². The Morgan fingerprint density at radius 3 is 2.67 bits per heavy atom. The molecule has 12 heavy (non-hydrogen) atoms. The Kier molecular flexibility index (Phi) is 7.73. The molecular weight excluding hydrogens is 162 g/mol. The second-order valence-corrected chi connectivity index (χ2v) is 1.85. The van der Waals surface area contributed by atoms with Crippen molar-refractivity contribution in [3.63, 3.8) is 0 Å². The van der Waals surface area contributed by atoms with E-state index in [9.17, 15) is 0 Å². The van der Waals surface area contributed by atoms with Crippen molar-refractivity contribution in [2.75, 3.05) is 33.7 Å². The Labute approximate surface area is 72.0 Å². The molecule has 0 saturated heterocycles. The van der Waals surface area contributed by atoms with Gasteiger partial charge in [-0.25, -0.2) is 0 Å². The molecule has 5 heteroatoms. The van der Waals surface area contributed by atoms with Gasteiger partial charge in [0.2, 0.25) is 0 Å². The molecule has 0 aliphatic heterocycles. The van der Waals surface area contributed by atoms with Gasteiger partial charge in [-0.1, -0.05) is 0 Å². The zero-order valence-electron chi connectivity index (χ0n) is 7.45. The lowest BCUT2D eigenvalue weighted by Gasteiger charge is -2.06. The van der Waals surface area contributed by atoms with Gasteiger partial charge in [-0.15, -0.1) is 0 Å². The van der Waals surface area contributed by atoms with E-state index >= 15 is 0 Å². The lowest BCUT2D eigenvalue weighted by molar-refractivity contribution is 0.126. The van der Waals surface area contributed by atoms with Crippen LogP contribution in [0.5, 0.6) is 0 Å². The molecule has 72 valence electrons. The molecule has 0 atom stereocenters. The monoisotopic (exact) mass is 177 g/mol. The molecule has 0 bridgehead atoms. The van der Waals surface area contributed by atoms with E-state index in [-0.39, 0.29) is 26.0 Å². The summed E-state index contributed by atoms with van der Waals surface area (Å²) in [5, 5.41) is 8.44. The Hall–Kier alpha value is -0.810. The van der Waals surface area contributed by atoms with Crippen LogP contribution in [0.3, 0.4) is 0 Å². The molecular formula is C7H15NO4. The first-order chi connectivity index (χ1) is 5.85. The van der Waals surface area contributed by atoms with Gasteiger partial charge in [-0.05, 0) is 6.92 Å². The number of hydrogen-bond donors (Lipinski definition) is 1. The molecule has 0 rings (SSSR count). The zero-order chi connectivity index (χ0) is 9.23. The maximum Gasteiger partial charge on any atom is 0.385 e. The van der Waals surface area contributed by atoms with E-state index in [2.05, 4.69) is 9.73 Å². The number of aliphatic imine (C=N–C) groups is 1. The van der Waals surface area contributed by atoms with E-state index in [1.54, 1.807) is 0 Å². The SMILES string of the molecule is CCOC(=NCOC)OCCO. The predicted molar refractivity (Wildman–Crippen MR) is 44.0 cm³/mol. The van der Waals surface area contributed by atoms with Gasteiger partial charge < -0.3 is 19.3 Å². The lowest BCUT2D eigenvalue weighted by Crippen LogP contribution is -2.13. The second kappa shape index (κ2) is 8.29. The number of methoxy groups -OCH3 is 1. The molecule has 0 radical (unpaired) electrons. The van der Waals surface area contributed by atoms with Gasteiger partial charge in [-0.2, -0.15) is 4.99 Å². The van der Waals surface area contributed by atoms with Gasteiger partial charge in [0, 0.05) is 7.11 Å². The highest BCUT2D eigenvalue weighted by Crippen LogP contribution is 1.87. The summed E-state index contributed by atoms with van der Waals surface area (Å²) >= 11 is 0. The Bertz CT molecular complexity index is 127. The Morgan fingerprint density at radius 1 is 1.42 bits per heavy atom. The highest BCUT2D eigenvalue weighted by atomic mass is 16.7. The summed E-state index contributed by atoms with van der Waals surface area (Å²) in [5.74, 6) is 0. The third-order valence-corrected chi connectivity index (χ3v) is 0.907. The molecule has 0 aromatic carbocycles. The van der Waals surface area contributed by atoms with Crippen molar-refractivity contribution in [2.45, 2.75) is 6.92 Å². The van der Waals surface area contributed by atoms with Crippen LogP contribution in [0, 0.1) is 0 Å². The van der Waals surface area contributed by atoms with Crippen molar-refractivity contribution in [2.24, 2.45) is 4.99 Å². The lowest BCUT2D eigenvalue weighted by atomic mass is 10.8. The van der Waals surface area contributed by atoms with Crippen LogP contribution in [0.15, 0.2) is 4.99 Å². The molecule has 1 N–H and O–H groups in total. The summed E-state index contributed by atoms with van der Waals surface area (Å²) in [6, 6.07) is 0. The van der Waals surface area contributed by atoms with E-state index in [1.165, 1.54) is 7.11 Å². The van der Waals surface area contributed by atoms with E-state index in [1.807, 2.05) is 6.92 Å². The maximum absolute atomic E-state index is 8.44. The Balaban J connectivity index is 3.68. The molecule has 0 amide bonds. The number of rotatable bonds is 5. The van der Waals surface area contributed by atoms with Crippen LogP contribution in [-0.2, 0) is 14.2 Å². The van der Waals surface area contributed by atoms with Crippen molar-refractivity contribution in [1.29, 1.82) is 0 Å². The molecule has 0 heterocycles. The molecule has 5 nitrogen and oxygen atoms in total. The molecule has 0 aliphatic carbocycles. The number of hydrogen-bond acceptors (Lipinski definition) is 5. The number of aliphatic hydroxyl groups excluding tert-OH is 1. The van der Waals surface area contributed by atoms with Crippen molar-refractivity contribution in [3.05, 3.63) is 0 Å². The zero-order valence-corrected chi connectivity index (χ0v) is 7.45. The van der Waals surface area contributed by atoms with Crippen LogP contribution < -0.4 is 0 Å². The van der Waals surface area contributed by atoms with Crippen LogP contribution in [0.1, 0.15) is 6.92 Å². The average Bonchev–Trinajstić information content (AvgIpc) is 2.10. The summed E-state index contributed by atoms with van der Waals surface area (Å²) in [5.41, 5.74) is 0. The van der Waals surface area contributed by atoms with Gasteiger partial charge in [0.25, 0.3) is 0 Å². The number of nitrogens with zero attached hydrogens (tertiary/aromatic N) is 1. The molecule has 0 aliphatic rings. The Morgan fingerprint density at radius 2 is 2.17 bits per heavy atom. The quantitative estimate of drug-likeness (QED) is 0.474. The smallest absolute Gasteiger partial charge is 0.385 e. The first-order valence-electron chi connectivity index (χ1n) is 3.75. The van der Waals surface area contributed by atoms with Crippen LogP contribution in [0.4, 0.5) is 0 Å². The van der Waals surface area contributed by atoms with Crippen LogP contribution in [0.2, 0.25) is 0 Å². The highest BCUT2D eigenvalue weighted by molar-refractivity contribution is 5.66. The summed E-state index contributed by atoms with van der Waals surface area (Å²) in [6.07, 6.45) is 0.161. The standard InChI is InChI=1S/C7H15NO4/c1-3-11-7(8-6-10-2)12-5-4-9/h9H,3-6H2,1-2H3. The molecule has 0 spiro atoms. The fraction of sp³-hybridized carbons (Fsp3) is 0.857. The minimum Gasteiger partial charge on any atom is -0.451 e. The maximum atomic E-state index is 8.44. The molecule has 0 fully saturated rings. The third-order valence-electron chi connectivity index (χ3n) is 0.907. The van der Waals surface area contributed by atoms with Crippen molar-refractivity contribution in [3.8, 4) is 0 Å². The number of ether oxygens (including phenoxy) is 3. The fourth-order valence-electron chi connectivity index (χ4n) is 0.507. The normalized spacial score (nSPS) is 11.4. The van der Waals surface area contributed by atoms with Crippen molar-refractivity contribution in [1.82, 2.24) is 0 Å². The van der Waals surface area contributed by atoms with E-state index in [0.717, 1.165) is 0 Å². The van der Waals surface area contributed by atoms with Gasteiger partial charge in [0.1, 0.15) is 13.3 Å². The van der Waals surface area contributed by atoms with E-state index in [4.69, 9.17) is 14.6 Å². The topological polar surface area (TPSA) is 60.3 Å². The minimum absolute atomic E-state index is 0.0565. The number of aliphatic hydroxyl groups is 1. The summed E-state index contributed by atoms with van der Waals surface area (Å²) in [4.78, 5) is 3.81. The molecule has 0 aromatic heterocycles. The van der Waals surface area contributed by atoms with Crippen molar-refractivity contribution >= 4 is 6.08 Å². The minimum atomic E-state index is -0.0565. The predicted octanol–water partition coefficient (Wildman–Crippen LogP) is -0.00830. The summed E-state index contributed by atoms with van der Waals surface area (Å²) in [7, 11) is 1.53. The first-order valence-corrected chi connectivity index (χ1v) is 3.75. The average molecular weight is 177 g/mol. The highest BCUT2D eigenvalue weighted by Gasteiger charge is 1.98. The summed E-state index contributed by atoms with van der Waals surface area (Å²) in [6.45, 7) is 2.63. The van der Waals surface area contributed by atoms with Gasteiger partial charge in [0.05, 0.1) is 13.2 Å². The first kappa shape index (κ1) is 11.2. The van der Waals surface area contributed by atoms with Gasteiger partial charge in [0.15, 0.2) is 0 Å².